The summed E-state index contributed by atoms with van der Waals surface area (Å²) in [5, 5.41) is 5.92. The van der Waals surface area contributed by atoms with Crippen molar-refractivity contribution in [3.8, 4) is 22.9 Å². The predicted octanol–water partition coefficient (Wildman–Crippen LogP) is 2.83. The molecule has 0 fully saturated rings. The summed E-state index contributed by atoms with van der Waals surface area (Å²) in [6.07, 6.45) is 0. The van der Waals surface area contributed by atoms with Gasteiger partial charge in [-0.2, -0.15) is 0 Å². The molecule has 31 heavy (non-hydrogen) atoms. The molecule has 2 N–H and O–H groups in total. The summed E-state index contributed by atoms with van der Waals surface area (Å²) in [5.41, 5.74) is 1.51. The van der Waals surface area contributed by atoms with E-state index in [1.54, 1.807) is 50.6 Å². The van der Waals surface area contributed by atoms with E-state index in [1.807, 2.05) is 12.1 Å². The van der Waals surface area contributed by atoms with E-state index in [0.717, 1.165) is 5.56 Å². The van der Waals surface area contributed by atoms with Gasteiger partial charge in [0.2, 0.25) is 5.91 Å². The number of thioether (sulfide) groups is 1. The van der Waals surface area contributed by atoms with Gasteiger partial charge in [-0.1, -0.05) is 17.8 Å². The molecule has 2 aromatic heterocycles. The van der Waals surface area contributed by atoms with Crippen molar-refractivity contribution in [1.29, 1.82) is 0 Å². The van der Waals surface area contributed by atoms with Crippen LogP contribution in [0.4, 0.5) is 5.69 Å². The molecular formula is C21H19N5O4S. The molecule has 0 spiro atoms. The maximum Gasteiger partial charge on any atom is 0.266 e. The first-order valence-corrected chi connectivity index (χ1v) is 10.3. The maximum atomic E-state index is 12.4. The molecule has 1 amide bonds. The third-order valence-corrected chi connectivity index (χ3v) is 5.30. The molecule has 0 saturated heterocycles. The van der Waals surface area contributed by atoms with Crippen LogP contribution in [0.25, 0.3) is 17.0 Å². The second kappa shape index (κ2) is 8.92. The largest absolute Gasteiger partial charge is 0.497 e. The number of carbonyl (C=O) groups excluding carboxylic acids is 1. The summed E-state index contributed by atoms with van der Waals surface area (Å²) in [6, 6.07) is 15.8. The van der Waals surface area contributed by atoms with E-state index in [0.29, 0.717) is 33.8 Å². The monoisotopic (exact) mass is 437 g/mol. The van der Waals surface area contributed by atoms with Crippen molar-refractivity contribution in [2.45, 2.75) is 5.16 Å². The molecular weight excluding hydrogens is 418 g/mol. The number of H-pyrrole nitrogens is 1. The molecule has 0 bridgehead atoms. The molecule has 0 saturated carbocycles. The van der Waals surface area contributed by atoms with Crippen LogP contribution in [0.1, 0.15) is 0 Å². The zero-order valence-corrected chi connectivity index (χ0v) is 17.6. The second-order valence-corrected chi connectivity index (χ2v) is 7.38. The smallest absolute Gasteiger partial charge is 0.266 e. The standard InChI is InChI=1S/C21H19N5O4S/c1-29-15-8-6-13(7-9-15)20-23-17-11-18(27)25-26(17)21(24-20)31-12-19(28)22-14-4-3-5-16(10-14)30-2/h3-11H,12H2,1-2H3,(H,22,28)(H,25,27). The van der Waals surface area contributed by atoms with E-state index in [4.69, 9.17) is 9.47 Å². The average molecular weight is 437 g/mol. The van der Waals surface area contributed by atoms with Crippen LogP contribution in [0.15, 0.2) is 64.5 Å². The minimum absolute atomic E-state index is 0.0889. The van der Waals surface area contributed by atoms with Crippen LogP contribution in [0, 0.1) is 0 Å². The van der Waals surface area contributed by atoms with Crippen molar-refractivity contribution in [2.24, 2.45) is 0 Å². The van der Waals surface area contributed by atoms with Gasteiger partial charge < -0.3 is 14.8 Å². The number of nitrogens with zero attached hydrogens (tertiary/aromatic N) is 3. The van der Waals surface area contributed by atoms with Gasteiger partial charge in [-0.25, -0.2) is 14.5 Å². The fourth-order valence-electron chi connectivity index (χ4n) is 2.88. The number of hydrogen-bond donors (Lipinski definition) is 2. The molecule has 4 rings (SSSR count). The van der Waals surface area contributed by atoms with Crippen LogP contribution < -0.4 is 20.3 Å². The molecule has 0 aliphatic rings. The molecule has 0 aliphatic heterocycles. The van der Waals surface area contributed by atoms with Crippen molar-refractivity contribution < 1.29 is 14.3 Å². The molecule has 0 atom stereocenters. The molecule has 9 nitrogen and oxygen atoms in total. The van der Waals surface area contributed by atoms with Crippen LogP contribution in [0.5, 0.6) is 11.5 Å². The number of aromatic amines is 1. The summed E-state index contributed by atoms with van der Waals surface area (Å²) < 4.78 is 11.8. The molecule has 0 aliphatic carbocycles. The number of hydrogen-bond acceptors (Lipinski definition) is 7. The van der Waals surface area contributed by atoms with Crippen LogP contribution in [0.3, 0.4) is 0 Å². The molecule has 2 heterocycles. The number of aromatic nitrogens is 4. The van der Waals surface area contributed by atoms with E-state index in [9.17, 15) is 9.59 Å². The summed E-state index contributed by atoms with van der Waals surface area (Å²) in [6.45, 7) is 0. The SMILES string of the molecule is COc1ccc(-c2nc(SCC(=O)Nc3cccc(OC)c3)n3[nH]c(=O)cc3n2)cc1. The van der Waals surface area contributed by atoms with E-state index in [1.165, 1.54) is 22.3 Å². The van der Waals surface area contributed by atoms with Gasteiger partial charge in [0.1, 0.15) is 11.5 Å². The van der Waals surface area contributed by atoms with Crippen molar-refractivity contribution in [1.82, 2.24) is 19.6 Å². The summed E-state index contributed by atoms with van der Waals surface area (Å²) in [7, 11) is 3.16. The highest BCUT2D eigenvalue weighted by atomic mass is 32.2. The zero-order valence-electron chi connectivity index (χ0n) is 16.8. The van der Waals surface area contributed by atoms with Crippen molar-refractivity contribution in [3.63, 3.8) is 0 Å². The number of carbonyl (C=O) groups is 1. The lowest BCUT2D eigenvalue weighted by molar-refractivity contribution is -0.113. The summed E-state index contributed by atoms with van der Waals surface area (Å²) in [5.74, 6) is 1.68. The lowest BCUT2D eigenvalue weighted by Crippen LogP contribution is -2.15. The van der Waals surface area contributed by atoms with E-state index in [-0.39, 0.29) is 17.2 Å². The quantitative estimate of drug-likeness (QED) is 0.428. The Morgan fingerprint density at radius 3 is 2.58 bits per heavy atom. The number of benzene rings is 2. The van der Waals surface area contributed by atoms with Gasteiger partial charge in [0.15, 0.2) is 16.6 Å². The minimum Gasteiger partial charge on any atom is -0.497 e. The van der Waals surface area contributed by atoms with Gasteiger partial charge in [-0.15, -0.1) is 0 Å². The predicted molar refractivity (Wildman–Crippen MR) is 118 cm³/mol. The number of nitrogens with one attached hydrogen (secondary N) is 2. The van der Waals surface area contributed by atoms with Gasteiger partial charge in [-0.05, 0) is 36.4 Å². The Morgan fingerprint density at radius 1 is 1.06 bits per heavy atom. The number of rotatable bonds is 7. The Morgan fingerprint density at radius 2 is 1.84 bits per heavy atom. The Bertz CT molecular complexity index is 1280. The molecule has 158 valence electrons. The lowest BCUT2D eigenvalue weighted by atomic mass is 10.2. The van der Waals surface area contributed by atoms with Crippen molar-refractivity contribution in [3.05, 3.63) is 65.0 Å². The third kappa shape index (κ3) is 4.69. The molecule has 4 aromatic rings. The Hall–Kier alpha value is -3.79. The van der Waals surface area contributed by atoms with Crippen molar-refractivity contribution >= 4 is 29.0 Å². The zero-order chi connectivity index (χ0) is 21.8. The number of ether oxygens (including phenoxy) is 2. The fraction of sp³-hybridized carbons (Fsp3) is 0.143. The Balaban J connectivity index is 1.57. The van der Waals surface area contributed by atoms with Crippen molar-refractivity contribution in [2.75, 3.05) is 25.3 Å². The number of amides is 1. The molecule has 10 heteroatoms. The first-order chi connectivity index (χ1) is 15.1. The van der Waals surface area contributed by atoms with E-state index < -0.39 is 0 Å². The average Bonchev–Trinajstić information content (AvgIpc) is 3.17. The van der Waals surface area contributed by atoms with Crippen LogP contribution in [-0.4, -0.2) is 45.5 Å². The first kappa shape index (κ1) is 20.5. The van der Waals surface area contributed by atoms with Gasteiger partial charge in [-0.3, -0.25) is 14.7 Å². The Labute approximate surface area is 181 Å². The highest BCUT2D eigenvalue weighted by Crippen LogP contribution is 2.24. The fourth-order valence-corrected chi connectivity index (χ4v) is 3.63. The molecule has 0 radical (unpaired) electrons. The lowest BCUT2D eigenvalue weighted by Gasteiger charge is -2.09. The van der Waals surface area contributed by atoms with E-state index >= 15 is 0 Å². The van der Waals surface area contributed by atoms with E-state index in [2.05, 4.69) is 20.4 Å². The highest BCUT2D eigenvalue weighted by Gasteiger charge is 2.13. The normalized spacial score (nSPS) is 10.8. The van der Waals surface area contributed by atoms with Gasteiger partial charge in [0, 0.05) is 23.4 Å². The number of methoxy groups -OCH3 is 2. The summed E-state index contributed by atoms with van der Waals surface area (Å²) in [4.78, 5) is 33.3. The number of anilines is 1. The van der Waals surface area contributed by atoms with Gasteiger partial charge in [0.05, 0.1) is 20.0 Å². The van der Waals surface area contributed by atoms with Gasteiger partial charge >= 0.3 is 0 Å². The Kier molecular flexibility index (Phi) is 5.89. The maximum absolute atomic E-state index is 12.4. The van der Waals surface area contributed by atoms with Crippen LogP contribution in [-0.2, 0) is 4.79 Å². The highest BCUT2D eigenvalue weighted by molar-refractivity contribution is 7.99. The van der Waals surface area contributed by atoms with Crippen LogP contribution in [0.2, 0.25) is 0 Å². The topological polar surface area (TPSA) is 111 Å². The molecule has 0 unspecified atom stereocenters. The first-order valence-electron chi connectivity index (χ1n) is 9.26. The van der Waals surface area contributed by atoms with Crippen LogP contribution >= 0.6 is 11.8 Å². The van der Waals surface area contributed by atoms with Gasteiger partial charge in [0.25, 0.3) is 5.56 Å². The molecule has 2 aromatic carbocycles. The number of fused-ring (bicyclic) bond motifs is 1. The minimum atomic E-state index is -0.302. The summed E-state index contributed by atoms with van der Waals surface area (Å²) >= 11 is 1.19. The second-order valence-electron chi connectivity index (χ2n) is 6.44. The third-order valence-electron chi connectivity index (χ3n) is 4.36.